The standard InChI is InChI=1S/C27H25FO4.C27H26O4.C27H24O2.C26H24O5/c1-32-23-14-18(12-19(15-23)16-29)13-22-8-10-24-25(28)11-9-20(26(22)24)5-2-17-3-6-21(7-4-17)27(30)31;1-30-24-15-19(16-25(17-24)31-2)14-23-13-12-21-5-3-4-20(26(21)23)9-6-18-7-10-22(11-8-18)27(28)29;1-19-6-8-20(9-7-19)10-11-23-4-3-5-24-12-13-25(27(23)24)15-21-14-22(18-28)17-26(16-21)29-2;1-29-22-13-18(14-23(15-22)30-2)12-21-11-10-19-4-3-5-24(25(19)21)31-16-17-6-8-20(9-7-17)26(27)28/h3-4,6-9,11-12,14-15,29H,2,5,10,13,16H2,1H3,(H,30,31);3-5,7-8,10-11,13,15-17H,6,9,12,14H2,1-2H3,(H,28,29);3-9,13-14,16-17,28H,12,15,18H2,1-2H3;3-9,12-15H,10-11,16H2,1-2H3,(H,27,28)/b;;;21-12+. The molecule has 5 N–H and O–H groups in total. The number of ether oxygens (including phenoxy) is 7. The Balaban J connectivity index is 0.000000141. The molecule has 0 fully saturated rings. The molecule has 0 atom stereocenters. The van der Waals surface area contributed by atoms with Crippen LogP contribution in [-0.2, 0) is 90.4 Å². The van der Waals surface area contributed by atoms with Crippen molar-refractivity contribution in [1.29, 1.82) is 0 Å². The second-order valence-corrected chi connectivity index (χ2v) is 30.6. The SMILES string of the molecule is COc1cc(/C=C2\CCc3cccc(OCc4ccc(C(=O)O)cc4)c32)cc(OC)c1.COc1cc(CC2=CCc3cccc(CCc4ccc(C(=O)O)cc4)c32)cc(OC)c1.COc1cc(CO)cc(CC2=CCc3c(F)ccc(CCc4ccc(C(=O)O)cc4)c32)c1.COc1cc(CO)cc(CC2=CCc3cccc(C#Cc4ccc(C)cc4)c32)c1. The van der Waals surface area contributed by atoms with Crippen molar-refractivity contribution in [2.75, 3.05) is 42.7 Å². The zero-order valence-electron chi connectivity index (χ0n) is 70.1. The summed E-state index contributed by atoms with van der Waals surface area (Å²) in [4.78, 5) is 33.2. The summed E-state index contributed by atoms with van der Waals surface area (Å²) in [6.07, 6.45) is 18.7. The van der Waals surface area contributed by atoms with Crippen molar-refractivity contribution in [3.8, 4) is 52.1 Å². The number of carboxylic acids is 3. The molecule has 15 nitrogen and oxygen atoms in total. The maximum Gasteiger partial charge on any atom is 0.335 e. The van der Waals surface area contributed by atoms with Gasteiger partial charge >= 0.3 is 17.9 Å². The third kappa shape index (κ3) is 22.4. The highest BCUT2D eigenvalue weighted by Crippen LogP contribution is 2.43. The van der Waals surface area contributed by atoms with E-state index in [0.29, 0.717) is 30.8 Å². The van der Waals surface area contributed by atoms with Crippen molar-refractivity contribution in [2.24, 2.45) is 0 Å². The topological polar surface area (TPSA) is 217 Å². The maximum absolute atomic E-state index is 14.6. The van der Waals surface area contributed by atoms with Crippen LogP contribution in [0.2, 0.25) is 0 Å². The minimum absolute atomic E-state index is 0.00705. The minimum atomic E-state index is -0.940. The Bertz CT molecular complexity index is 5950. The monoisotopic (exact) mass is 1640 g/mol. The molecular formula is C107H99FO15. The Morgan fingerprint density at radius 2 is 0.821 bits per heavy atom. The lowest BCUT2D eigenvalue weighted by Crippen LogP contribution is -2.02. The van der Waals surface area contributed by atoms with Crippen LogP contribution in [0.15, 0.2) is 255 Å². The van der Waals surface area contributed by atoms with Crippen molar-refractivity contribution in [3.05, 3.63) is 400 Å². The molecule has 0 spiro atoms. The molecule has 0 aliphatic heterocycles. The lowest BCUT2D eigenvalue weighted by atomic mass is 9.91. The minimum Gasteiger partial charge on any atom is -0.497 e. The highest BCUT2D eigenvalue weighted by atomic mass is 19.1. The third-order valence-corrected chi connectivity index (χ3v) is 22.4. The quantitative estimate of drug-likeness (QED) is 0.0303. The molecule has 624 valence electrons. The Kier molecular flexibility index (Phi) is 29.2. The smallest absolute Gasteiger partial charge is 0.335 e. The number of methoxy groups -OCH3 is 6. The van der Waals surface area contributed by atoms with E-state index in [4.69, 9.17) is 48.5 Å². The molecule has 12 aromatic rings. The molecule has 0 saturated heterocycles. The summed E-state index contributed by atoms with van der Waals surface area (Å²) in [6, 6.07) is 75.0. The van der Waals surface area contributed by atoms with E-state index in [0.717, 1.165) is 188 Å². The van der Waals surface area contributed by atoms with Gasteiger partial charge in [0.2, 0.25) is 0 Å². The summed E-state index contributed by atoms with van der Waals surface area (Å²) in [5.74, 6) is 9.13. The molecule has 0 heterocycles. The van der Waals surface area contributed by atoms with Crippen molar-refractivity contribution in [3.63, 3.8) is 0 Å². The van der Waals surface area contributed by atoms with Gasteiger partial charge in [-0.3, -0.25) is 0 Å². The first kappa shape index (κ1) is 86.9. The molecule has 0 saturated carbocycles. The van der Waals surface area contributed by atoms with Crippen LogP contribution in [0, 0.1) is 24.6 Å². The van der Waals surface area contributed by atoms with Gasteiger partial charge in [0.1, 0.15) is 52.7 Å². The number of hydrogen-bond donors (Lipinski definition) is 5. The van der Waals surface area contributed by atoms with Gasteiger partial charge in [-0.2, -0.15) is 0 Å². The number of aryl methyl sites for hydroxylation is 6. The fourth-order valence-electron chi connectivity index (χ4n) is 16.2. The molecule has 4 aliphatic rings. The number of carboxylic acid groups (broad SMARTS) is 3. The second-order valence-electron chi connectivity index (χ2n) is 30.6. The number of rotatable bonds is 27. The van der Waals surface area contributed by atoms with Gasteiger partial charge in [0, 0.05) is 28.8 Å². The first-order chi connectivity index (χ1) is 59.8. The molecule has 16 rings (SSSR count). The van der Waals surface area contributed by atoms with E-state index in [1.165, 1.54) is 61.7 Å². The summed E-state index contributed by atoms with van der Waals surface area (Å²) in [6.45, 7) is 2.39. The Morgan fingerprint density at radius 1 is 0.390 bits per heavy atom. The first-order valence-electron chi connectivity index (χ1n) is 40.9. The van der Waals surface area contributed by atoms with Gasteiger partial charge in [-0.05, 0) is 322 Å². The van der Waals surface area contributed by atoms with E-state index < -0.39 is 17.9 Å². The number of allylic oxidation sites excluding steroid dienone is 7. The van der Waals surface area contributed by atoms with Gasteiger partial charge in [-0.25, -0.2) is 18.8 Å². The molecule has 0 bridgehead atoms. The molecule has 0 unspecified atom stereocenters. The van der Waals surface area contributed by atoms with Crippen molar-refractivity contribution < 1.29 is 77.5 Å². The van der Waals surface area contributed by atoms with Crippen LogP contribution >= 0.6 is 0 Å². The molecule has 123 heavy (non-hydrogen) atoms. The fourth-order valence-corrected chi connectivity index (χ4v) is 16.2. The molecular weight excluding hydrogens is 1540 g/mol. The number of fused-ring (bicyclic) bond motifs is 4. The molecule has 4 aliphatic carbocycles. The number of halogens is 1. The zero-order chi connectivity index (χ0) is 86.5. The number of carbonyl (C=O) groups is 3. The van der Waals surface area contributed by atoms with Crippen LogP contribution in [0.25, 0.3) is 28.4 Å². The Labute approximate surface area is 717 Å². The lowest BCUT2D eigenvalue weighted by molar-refractivity contribution is 0.0686. The third-order valence-electron chi connectivity index (χ3n) is 22.4. The van der Waals surface area contributed by atoms with Crippen LogP contribution in [0.5, 0.6) is 40.2 Å². The summed E-state index contributed by atoms with van der Waals surface area (Å²) in [7, 11) is 9.88. The van der Waals surface area contributed by atoms with E-state index in [2.05, 4.69) is 122 Å². The van der Waals surface area contributed by atoms with E-state index in [-0.39, 0.29) is 30.2 Å². The van der Waals surface area contributed by atoms with Gasteiger partial charge in [0.05, 0.1) is 72.6 Å². The van der Waals surface area contributed by atoms with Crippen molar-refractivity contribution in [2.45, 2.75) is 104 Å². The molecule has 16 heteroatoms. The van der Waals surface area contributed by atoms with E-state index in [9.17, 15) is 29.0 Å². The summed E-state index contributed by atoms with van der Waals surface area (Å²) < 4.78 is 53.1. The summed E-state index contributed by atoms with van der Waals surface area (Å²) in [5.41, 5.74) is 29.9. The van der Waals surface area contributed by atoms with Crippen LogP contribution in [0.1, 0.15) is 160 Å². The Hall–Kier alpha value is -14.0. The maximum atomic E-state index is 14.6. The van der Waals surface area contributed by atoms with Crippen LogP contribution in [0.3, 0.4) is 0 Å². The number of aliphatic hydroxyl groups excluding tert-OH is 2. The van der Waals surface area contributed by atoms with Crippen LogP contribution in [0.4, 0.5) is 4.39 Å². The normalized spacial score (nSPS) is 12.6. The molecule has 0 radical (unpaired) electrons. The van der Waals surface area contributed by atoms with Crippen LogP contribution in [-0.4, -0.2) is 86.1 Å². The van der Waals surface area contributed by atoms with Crippen molar-refractivity contribution in [1.82, 2.24) is 0 Å². The van der Waals surface area contributed by atoms with Gasteiger partial charge in [0.25, 0.3) is 0 Å². The average molecular weight is 1640 g/mol. The molecule has 12 aromatic carbocycles. The highest BCUT2D eigenvalue weighted by Gasteiger charge is 2.26. The fraction of sp³-hybridized carbons (Fsp3) is 0.206. The van der Waals surface area contributed by atoms with Crippen LogP contribution < -0.4 is 33.2 Å². The number of aliphatic hydroxyl groups is 2. The number of aromatic carboxylic acids is 3. The predicted molar refractivity (Wildman–Crippen MR) is 482 cm³/mol. The van der Waals surface area contributed by atoms with Gasteiger partial charge in [-0.1, -0.05) is 151 Å². The summed E-state index contributed by atoms with van der Waals surface area (Å²) >= 11 is 0. The highest BCUT2D eigenvalue weighted by molar-refractivity contribution is 5.90. The number of benzene rings is 12. The van der Waals surface area contributed by atoms with Gasteiger partial charge in [0.15, 0.2) is 0 Å². The van der Waals surface area contributed by atoms with E-state index >= 15 is 0 Å². The van der Waals surface area contributed by atoms with E-state index in [1.807, 2.05) is 97.1 Å². The zero-order valence-corrected chi connectivity index (χ0v) is 70.1. The van der Waals surface area contributed by atoms with Gasteiger partial charge in [-0.15, -0.1) is 0 Å². The lowest BCUT2D eigenvalue weighted by Gasteiger charge is -2.15. The van der Waals surface area contributed by atoms with Gasteiger partial charge < -0.3 is 58.7 Å². The van der Waals surface area contributed by atoms with Crippen molar-refractivity contribution >= 4 is 46.3 Å². The summed E-state index contributed by atoms with van der Waals surface area (Å²) in [5, 5.41) is 46.3. The largest absolute Gasteiger partial charge is 0.497 e. The molecule has 0 aromatic heterocycles. The number of hydrogen-bond acceptors (Lipinski definition) is 12. The average Bonchev–Trinajstić information content (AvgIpc) is 1.65. The molecule has 0 amide bonds. The first-order valence-corrected chi connectivity index (χ1v) is 40.9. The van der Waals surface area contributed by atoms with E-state index in [1.54, 1.807) is 97.3 Å². The Morgan fingerprint density at radius 3 is 1.33 bits per heavy atom. The second kappa shape index (κ2) is 41.3. The predicted octanol–water partition coefficient (Wildman–Crippen LogP) is 20.9.